The molecule has 2 aromatic heterocycles. The van der Waals surface area contributed by atoms with Gasteiger partial charge in [0.2, 0.25) is 5.91 Å². The number of likely N-dealkylation sites (tertiary alicyclic amines) is 1. The van der Waals surface area contributed by atoms with Gasteiger partial charge in [-0.2, -0.15) is 0 Å². The molecule has 160 valence electrons. The molecule has 1 unspecified atom stereocenters. The zero-order chi connectivity index (χ0) is 21.3. The molecule has 1 aliphatic rings. The Bertz CT molecular complexity index is 942. The Balaban J connectivity index is 1.96. The van der Waals surface area contributed by atoms with Gasteiger partial charge in [-0.05, 0) is 52.6 Å². The van der Waals surface area contributed by atoms with E-state index in [4.69, 9.17) is 4.98 Å². The molecule has 1 atom stereocenters. The molecule has 1 amide bonds. The van der Waals surface area contributed by atoms with Crippen molar-refractivity contribution in [1.29, 1.82) is 0 Å². The van der Waals surface area contributed by atoms with Gasteiger partial charge in [-0.1, -0.05) is 13.8 Å². The molecule has 0 spiro atoms. The largest absolute Gasteiger partial charge is 0.342 e. The second kappa shape index (κ2) is 8.96. The first kappa shape index (κ1) is 22.0. The van der Waals surface area contributed by atoms with Crippen molar-refractivity contribution in [2.75, 3.05) is 32.7 Å². The number of carbonyl (C=O) groups is 1. The van der Waals surface area contributed by atoms with E-state index in [1.54, 1.807) is 11.3 Å². The van der Waals surface area contributed by atoms with Crippen molar-refractivity contribution in [1.82, 2.24) is 19.4 Å². The van der Waals surface area contributed by atoms with Crippen molar-refractivity contribution in [2.45, 2.75) is 66.3 Å². The number of rotatable bonds is 6. The zero-order valence-corrected chi connectivity index (χ0v) is 19.4. The van der Waals surface area contributed by atoms with E-state index in [2.05, 4.69) is 25.7 Å². The van der Waals surface area contributed by atoms with Gasteiger partial charge in [0.25, 0.3) is 5.56 Å². The van der Waals surface area contributed by atoms with E-state index >= 15 is 0 Å². The molecule has 2 aromatic rings. The minimum absolute atomic E-state index is 0.0645. The van der Waals surface area contributed by atoms with Gasteiger partial charge in [-0.3, -0.25) is 19.1 Å². The Morgan fingerprint density at radius 1 is 1.28 bits per heavy atom. The summed E-state index contributed by atoms with van der Waals surface area (Å²) < 4.78 is 1.94. The Kier molecular flexibility index (Phi) is 6.79. The summed E-state index contributed by atoms with van der Waals surface area (Å²) in [6.45, 7) is 15.8. The zero-order valence-electron chi connectivity index (χ0n) is 18.6. The fourth-order valence-corrected chi connectivity index (χ4v) is 5.36. The van der Waals surface area contributed by atoms with Crippen LogP contribution in [-0.2, 0) is 4.79 Å². The van der Waals surface area contributed by atoms with Crippen LogP contribution in [0.2, 0.25) is 0 Å². The number of hydrogen-bond acceptors (Lipinski definition) is 5. The summed E-state index contributed by atoms with van der Waals surface area (Å²) in [6.07, 6.45) is 1.94. The molecule has 1 aliphatic heterocycles. The van der Waals surface area contributed by atoms with E-state index in [1.807, 2.05) is 30.2 Å². The van der Waals surface area contributed by atoms with Crippen LogP contribution in [-0.4, -0.2) is 58.0 Å². The number of carbonyl (C=O) groups excluding carboxylic acids is 1. The highest BCUT2D eigenvalue weighted by molar-refractivity contribution is 7.18. The molecule has 0 aromatic carbocycles. The second-order valence-electron chi connectivity index (χ2n) is 8.36. The Labute approximate surface area is 177 Å². The van der Waals surface area contributed by atoms with Crippen molar-refractivity contribution < 1.29 is 4.79 Å². The van der Waals surface area contributed by atoms with Crippen LogP contribution in [0.4, 0.5) is 0 Å². The van der Waals surface area contributed by atoms with Crippen molar-refractivity contribution in [3.63, 3.8) is 0 Å². The summed E-state index contributed by atoms with van der Waals surface area (Å²) in [4.78, 5) is 37.2. The number of aromatic nitrogens is 2. The van der Waals surface area contributed by atoms with Crippen LogP contribution in [0, 0.1) is 13.8 Å². The van der Waals surface area contributed by atoms with Gasteiger partial charge in [-0.15, -0.1) is 11.3 Å². The maximum absolute atomic E-state index is 13.6. The maximum Gasteiger partial charge on any atom is 0.262 e. The Morgan fingerprint density at radius 2 is 1.97 bits per heavy atom. The number of amides is 1. The lowest BCUT2D eigenvalue weighted by Crippen LogP contribution is -2.46. The van der Waals surface area contributed by atoms with E-state index < -0.39 is 0 Å². The Hall–Kier alpha value is -1.73. The third-order valence-corrected chi connectivity index (χ3v) is 7.20. The minimum atomic E-state index is 0.0645. The van der Waals surface area contributed by atoms with E-state index in [-0.39, 0.29) is 23.4 Å². The van der Waals surface area contributed by atoms with Gasteiger partial charge >= 0.3 is 0 Å². The van der Waals surface area contributed by atoms with Crippen molar-refractivity contribution in [3.05, 3.63) is 26.6 Å². The quantitative estimate of drug-likeness (QED) is 0.718. The van der Waals surface area contributed by atoms with E-state index in [9.17, 15) is 9.59 Å². The van der Waals surface area contributed by atoms with Crippen LogP contribution in [0.25, 0.3) is 10.2 Å². The smallest absolute Gasteiger partial charge is 0.262 e. The van der Waals surface area contributed by atoms with Crippen LogP contribution in [0.1, 0.15) is 68.8 Å². The molecule has 7 heteroatoms. The molecule has 0 N–H and O–H groups in total. The molecular weight excluding hydrogens is 384 g/mol. The summed E-state index contributed by atoms with van der Waals surface area (Å²) in [5.41, 5.74) is 1.14. The molecule has 29 heavy (non-hydrogen) atoms. The highest BCUT2D eigenvalue weighted by Crippen LogP contribution is 2.30. The lowest BCUT2D eigenvalue weighted by atomic mass is 10.0. The summed E-state index contributed by atoms with van der Waals surface area (Å²) >= 11 is 1.61. The van der Waals surface area contributed by atoms with Crippen LogP contribution >= 0.6 is 11.3 Å². The highest BCUT2D eigenvalue weighted by atomic mass is 32.1. The monoisotopic (exact) mass is 418 g/mol. The number of piperidine rings is 1. The molecule has 1 fully saturated rings. The minimum Gasteiger partial charge on any atom is -0.342 e. The van der Waals surface area contributed by atoms with Crippen LogP contribution < -0.4 is 5.56 Å². The normalized spacial score (nSPS) is 18.0. The average Bonchev–Trinajstić information content (AvgIpc) is 2.97. The molecule has 3 rings (SSSR count). The molecule has 1 saturated heterocycles. The number of hydrogen-bond donors (Lipinski definition) is 0. The third-order valence-electron chi connectivity index (χ3n) is 6.10. The van der Waals surface area contributed by atoms with Gasteiger partial charge < -0.3 is 4.90 Å². The number of aryl methyl sites for hydroxylation is 2. The van der Waals surface area contributed by atoms with Crippen LogP contribution in [0.5, 0.6) is 0 Å². The van der Waals surface area contributed by atoms with E-state index in [0.29, 0.717) is 6.54 Å². The van der Waals surface area contributed by atoms with Crippen LogP contribution in [0.3, 0.4) is 0 Å². The van der Waals surface area contributed by atoms with Gasteiger partial charge in [0, 0.05) is 30.4 Å². The van der Waals surface area contributed by atoms with Crippen molar-refractivity contribution in [3.8, 4) is 0 Å². The topological polar surface area (TPSA) is 58.4 Å². The van der Waals surface area contributed by atoms with Crippen LogP contribution in [0.15, 0.2) is 4.79 Å². The number of fused-ring (bicyclic) bond motifs is 1. The first-order chi connectivity index (χ1) is 13.8. The molecule has 0 radical (unpaired) electrons. The molecule has 3 heterocycles. The number of nitrogens with zero attached hydrogens (tertiary/aromatic N) is 4. The lowest BCUT2D eigenvalue weighted by molar-refractivity contribution is -0.132. The fourth-order valence-electron chi connectivity index (χ4n) is 4.34. The Morgan fingerprint density at radius 3 is 2.59 bits per heavy atom. The molecule has 6 nitrogen and oxygen atoms in total. The van der Waals surface area contributed by atoms with Gasteiger partial charge in [0.05, 0.1) is 18.0 Å². The van der Waals surface area contributed by atoms with Crippen molar-refractivity contribution in [2.24, 2.45) is 0 Å². The third kappa shape index (κ3) is 4.26. The fraction of sp³-hybridized carbons (Fsp3) is 0.682. The molecule has 0 bridgehead atoms. The standard InChI is InChI=1S/C22H34N4O2S/c1-7-25(8-2)18(27)13-24-11-9-10-17(12-24)26-20(14(3)4)23-21-19(22(26)28)15(5)16(6)29-21/h14,17H,7-13H2,1-6H3. The molecule has 0 aliphatic carbocycles. The predicted molar refractivity (Wildman–Crippen MR) is 120 cm³/mol. The summed E-state index contributed by atoms with van der Waals surface area (Å²) in [7, 11) is 0. The highest BCUT2D eigenvalue weighted by Gasteiger charge is 2.28. The first-order valence-electron chi connectivity index (χ1n) is 10.8. The molecule has 0 saturated carbocycles. The summed E-state index contributed by atoms with van der Waals surface area (Å²) in [6, 6.07) is 0.0645. The van der Waals surface area contributed by atoms with Gasteiger partial charge in [0.1, 0.15) is 10.7 Å². The predicted octanol–water partition coefficient (Wildman–Crippen LogP) is 3.70. The lowest BCUT2D eigenvalue weighted by Gasteiger charge is -2.35. The SMILES string of the molecule is CCN(CC)C(=O)CN1CCCC(n2c(C(C)C)nc3sc(C)c(C)c3c2=O)C1. The average molecular weight is 419 g/mol. The number of likely N-dealkylation sites (N-methyl/N-ethyl adjacent to an activating group) is 1. The van der Waals surface area contributed by atoms with Gasteiger partial charge in [-0.25, -0.2) is 4.98 Å². The van der Waals surface area contributed by atoms with E-state index in [1.165, 1.54) is 0 Å². The van der Waals surface area contributed by atoms with Crippen molar-refractivity contribution >= 4 is 27.5 Å². The van der Waals surface area contributed by atoms with Gasteiger partial charge in [0.15, 0.2) is 0 Å². The second-order valence-corrected chi connectivity index (χ2v) is 9.56. The summed E-state index contributed by atoms with van der Waals surface area (Å²) in [5.74, 6) is 1.21. The first-order valence-corrected chi connectivity index (χ1v) is 11.6. The number of thiophene rings is 1. The summed E-state index contributed by atoms with van der Waals surface area (Å²) in [5, 5.41) is 0.772. The molecular formula is C22H34N4O2S. The maximum atomic E-state index is 13.6. The van der Waals surface area contributed by atoms with E-state index in [0.717, 1.165) is 65.5 Å².